The first-order valence-corrected chi connectivity index (χ1v) is 5.87. The number of benzene rings is 1. The highest BCUT2D eigenvalue weighted by atomic mass is 14.9. The van der Waals surface area contributed by atoms with Gasteiger partial charge in [-0.05, 0) is 31.9 Å². The second-order valence-corrected chi connectivity index (χ2v) is 4.39. The molecule has 0 aliphatic rings. The van der Waals surface area contributed by atoms with Crippen LogP contribution in [0.25, 0.3) is 17.0 Å². The van der Waals surface area contributed by atoms with Gasteiger partial charge in [-0.15, -0.1) is 0 Å². The molecule has 0 aliphatic carbocycles. The number of hydrogen-bond donors (Lipinski definition) is 0. The fourth-order valence-corrected chi connectivity index (χ4v) is 2.15. The molecule has 1 aromatic carbocycles. The molecule has 0 saturated heterocycles. The Morgan fingerprint density at radius 3 is 2.69 bits per heavy atom. The minimum atomic E-state index is 1.09. The quantitative estimate of drug-likeness (QED) is 0.704. The second kappa shape index (κ2) is 4.17. The van der Waals surface area contributed by atoms with Crippen molar-refractivity contribution >= 4 is 17.0 Å². The van der Waals surface area contributed by atoms with Crippen LogP contribution in [0.4, 0.5) is 0 Å². The predicted octanol–water partition coefficient (Wildman–Crippen LogP) is 4.22. The maximum atomic E-state index is 2.28. The molecule has 16 heavy (non-hydrogen) atoms. The van der Waals surface area contributed by atoms with Crippen molar-refractivity contribution in [2.75, 3.05) is 0 Å². The Labute approximate surface area is 97.4 Å². The van der Waals surface area contributed by atoms with Crippen molar-refractivity contribution in [3.63, 3.8) is 0 Å². The molecule has 0 unspecified atom stereocenters. The normalized spacial score (nSPS) is 11.8. The van der Waals surface area contributed by atoms with Crippen molar-refractivity contribution in [1.29, 1.82) is 0 Å². The average Bonchev–Trinajstić information content (AvgIpc) is 2.50. The fourth-order valence-electron chi connectivity index (χ4n) is 2.15. The first-order chi connectivity index (χ1) is 7.65. The van der Waals surface area contributed by atoms with E-state index in [4.69, 9.17) is 0 Å². The predicted molar refractivity (Wildman–Crippen MR) is 71.7 cm³/mol. The van der Waals surface area contributed by atoms with E-state index in [1.807, 2.05) is 0 Å². The molecule has 2 aromatic rings. The van der Waals surface area contributed by atoms with Crippen LogP contribution in [0, 0.1) is 13.8 Å². The average molecular weight is 213 g/mol. The molecule has 0 fully saturated rings. The number of fused-ring (bicyclic) bond motifs is 1. The maximum Gasteiger partial charge on any atom is 0.0488 e. The Bertz CT molecular complexity index is 544. The van der Waals surface area contributed by atoms with E-state index < -0.39 is 0 Å². The van der Waals surface area contributed by atoms with Crippen LogP contribution in [-0.2, 0) is 7.05 Å². The van der Waals surface area contributed by atoms with E-state index in [2.05, 4.69) is 62.7 Å². The Kier molecular flexibility index (Phi) is 2.86. The summed E-state index contributed by atoms with van der Waals surface area (Å²) < 4.78 is 2.28. The van der Waals surface area contributed by atoms with E-state index in [1.54, 1.807) is 0 Å². The molecule has 1 heterocycles. The molecule has 1 aromatic heterocycles. The summed E-state index contributed by atoms with van der Waals surface area (Å²) in [4.78, 5) is 0. The van der Waals surface area contributed by atoms with Gasteiger partial charge in [-0.25, -0.2) is 0 Å². The van der Waals surface area contributed by atoms with E-state index >= 15 is 0 Å². The van der Waals surface area contributed by atoms with Crippen molar-refractivity contribution in [1.82, 2.24) is 4.57 Å². The number of nitrogens with zero attached hydrogens (tertiary/aromatic N) is 1. The Morgan fingerprint density at radius 2 is 2.00 bits per heavy atom. The van der Waals surface area contributed by atoms with Crippen molar-refractivity contribution < 1.29 is 0 Å². The molecular formula is C15H19N. The third-order valence-electron chi connectivity index (χ3n) is 3.22. The van der Waals surface area contributed by atoms with Gasteiger partial charge in [-0.1, -0.05) is 31.2 Å². The Hall–Kier alpha value is -1.50. The van der Waals surface area contributed by atoms with Gasteiger partial charge in [-0.3, -0.25) is 0 Å². The van der Waals surface area contributed by atoms with Gasteiger partial charge >= 0.3 is 0 Å². The summed E-state index contributed by atoms with van der Waals surface area (Å²) in [6.45, 7) is 6.50. The van der Waals surface area contributed by atoms with Crippen LogP contribution in [-0.4, -0.2) is 4.57 Å². The van der Waals surface area contributed by atoms with Crippen molar-refractivity contribution in [3.05, 3.63) is 41.1 Å². The van der Waals surface area contributed by atoms with Crippen LogP contribution in [0.3, 0.4) is 0 Å². The molecule has 0 bridgehead atoms. The highest BCUT2D eigenvalue weighted by molar-refractivity contribution is 5.91. The molecule has 0 aliphatic heterocycles. The third kappa shape index (κ3) is 1.67. The van der Waals surface area contributed by atoms with Crippen LogP contribution < -0.4 is 0 Å². The molecule has 0 amide bonds. The molecular weight excluding hydrogens is 194 g/mol. The van der Waals surface area contributed by atoms with Crippen LogP contribution in [0.2, 0.25) is 0 Å². The highest BCUT2D eigenvalue weighted by Gasteiger charge is 2.08. The topological polar surface area (TPSA) is 4.93 Å². The lowest BCUT2D eigenvalue weighted by atomic mass is 10.1. The lowest BCUT2D eigenvalue weighted by Crippen LogP contribution is -1.90. The number of allylic oxidation sites excluding steroid dienone is 1. The van der Waals surface area contributed by atoms with Gasteiger partial charge in [0.15, 0.2) is 0 Å². The van der Waals surface area contributed by atoms with Crippen molar-refractivity contribution in [3.8, 4) is 0 Å². The zero-order valence-electron chi connectivity index (χ0n) is 10.5. The lowest BCUT2D eigenvalue weighted by Gasteiger charge is -1.98. The summed E-state index contributed by atoms with van der Waals surface area (Å²) in [5.41, 5.74) is 5.34. The molecule has 0 saturated carbocycles. The molecule has 0 radical (unpaired) electrons. The monoisotopic (exact) mass is 213 g/mol. The van der Waals surface area contributed by atoms with Gasteiger partial charge in [0.2, 0.25) is 0 Å². The zero-order valence-corrected chi connectivity index (χ0v) is 10.5. The standard InChI is InChI=1S/C15H19N/c1-5-6-7-13-12(3)16(4)15-10-11(2)8-9-14(13)15/h6-10H,5H2,1-4H3/b7-6-. The molecule has 84 valence electrons. The first kappa shape index (κ1) is 11.0. The zero-order chi connectivity index (χ0) is 11.7. The van der Waals surface area contributed by atoms with Gasteiger partial charge < -0.3 is 4.57 Å². The van der Waals surface area contributed by atoms with E-state index in [-0.39, 0.29) is 0 Å². The summed E-state index contributed by atoms with van der Waals surface area (Å²) in [6.07, 6.45) is 5.55. The highest BCUT2D eigenvalue weighted by Crippen LogP contribution is 2.26. The number of aromatic nitrogens is 1. The van der Waals surface area contributed by atoms with Gasteiger partial charge in [0.1, 0.15) is 0 Å². The van der Waals surface area contributed by atoms with E-state index in [1.165, 1.54) is 27.7 Å². The molecule has 0 atom stereocenters. The van der Waals surface area contributed by atoms with Gasteiger partial charge in [0, 0.05) is 29.2 Å². The lowest BCUT2D eigenvalue weighted by molar-refractivity contribution is 0.915. The second-order valence-electron chi connectivity index (χ2n) is 4.39. The minimum Gasteiger partial charge on any atom is -0.347 e. The van der Waals surface area contributed by atoms with Crippen molar-refractivity contribution in [2.24, 2.45) is 7.05 Å². The Morgan fingerprint density at radius 1 is 1.25 bits per heavy atom. The van der Waals surface area contributed by atoms with E-state index in [9.17, 15) is 0 Å². The molecule has 1 nitrogen and oxygen atoms in total. The van der Waals surface area contributed by atoms with Gasteiger partial charge in [0.05, 0.1) is 0 Å². The number of hydrogen-bond acceptors (Lipinski definition) is 0. The third-order valence-corrected chi connectivity index (χ3v) is 3.22. The van der Waals surface area contributed by atoms with E-state index in [0.717, 1.165) is 6.42 Å². The number of rotatable bonds is 2. The summed E-state index contributed by atoms with van der Waals surface area (Å²) in [6, 6.07) is 6.67. The number of aryl methyl sites for hydroxylation is 2. The minimum absolute atomic E-state index is 1.09. The van der Waals surface area contributed by atoms with E-state index in [0.29, 0.717) is 0 Å². The smallest absolute Gasteiger partial charge is 0.0488 e. The van der Waals surface area contributed by atoms with Gasteiger partial charge in [0.25, 0.3) is 0 Å². The van der Waals surface area contributed by atoms with Crippen LogP contribution in [0.15, 0.2) is 24.3 Å². The molecule has 0 N–H and O–H groups in total. The van der Waals surface area contributed by atoms with Crippen LogP contribution in [0.1, 0.15) is 30.2 Å². The van der Waals surface area contributed by atoms with Crippen molar-refractivity contribution in [2.45, 2.75) is 27.2 Å². The molecule has 0 spiro atoms. The Balaban J connectivity index is 2.74. The fraction of sp³-hybridized carbons (Fsp3) is 0.333. The SMILES string of the molecule is CC/C=C\c1c(C)n(C)c2cc(C)ccc12. The molecule has 1 heteroatoms. The summed E-state index contributed by atoms with van der Waals surface area (Å²) >= 11 is 0. The van der Waals surface area contributed by atoms with Crippen LogP contribution in [0.5, 0.6) is 0 Å². The summed E-state index contributed by atoms with van der Waals surface area (Å²) in [5.74, 6) is 0. The largest absolute Gasteiger partial charge is 0.347 e. The summed E-state index contributed by atoms with van der Waals surface area (Å²) in [5, 5.41) is 1.36. The van der Waals surface area contributed by atoms with Gasteiger partial charge in [-0.2, -0.15) is 0 Å². The van der Waals surface area contributed by atoms with Crippen LogP contribution >= 0.6 is 0 Å². The first-order valence-electron chi connectivity index (χ1n) is 5.87. The summed E-state index contributed by atoms with van der Waals surface area (Å²) in [7, 11) is 2.14. The molecule has 2 rings (SSSR count). The maximum absolute atomic E-state index is 2.28.